The minimum Gasteiger partial charge on any atom is -0.452 e. The third-order valence-electron chi connectivity index (χ3n) is 4.89. The molecule has 2 heterocycles. The number of ether oxygens (including phenoxy) is 1. The molecule has 1 amide bonds. The Hall–Kier alpha value is -4.01. The van der Waals surface area contributed by atoms with Crippen molar-refractivity contribution in [3.05, 3.63) is 71.1 Å². The van der Waals surface area contributed by atoms with Crippen LogP contribution >= 0.6 is 0 Å². The molecule has 0 spiro atoms. The Balaban J connectivity index is 2.01. The van der Waals surface area contributed by atoms with Crippen molar-refractivity contribution < 1.29 is 31.5 Å². The predicted molar refractivity (Wildman–Crippen MR) is 107 cm³/mol. The first-order valence-corrected chi connectivity index (χ1v) is 9.34. The monoisotopic (exact) mass is 465 g/mol. The van der Waals surface area contributed by atoms with Gasteiger partial charge in [-0.1, -0.05) is 0 Å². The SMILES string of the molecule is Cc1cc(C#N)cnc1C(=O)Nc1ccc(F)c(C2(/C=C/F)CC(C(F)(F)F)OC(N)=N2)c1. The van der Waals surface area contributed by atoms with E-state index in [1.165, 1.54) is 12.3 Å². The summed E-state index contributed by atoms with van der Waals surface area (Å²) in [5.74, 6) is -1.72. The van der Waals surface area contributed by atoms with Crippen LogP contribution in [0.5, 0.6) is 0 Å². The average molecular weight is 465 g/mol. The standard InChI is InChI=1S/C21H16F5N5O2/c1-11-6-12(9-27)10-29-17(11)18(32)30-13-2-3-15(23)14(7-13)20(4-5-22)8-16(21(24,25)26)33-19(28)31-20/h2-7,10,16H,8H2,1H3,(H2,28,31)(H,30,32)/b5-4+. The number of halogens is 5. The van der Waals surface area contributed by atoms with Crippen LogP contribution in [0.2, 0.25) is 0 Å². The van der Waals surface area contributed by atoms with E-state index in [0.29, 0.717) is 11.6 Å². The second-order valence-electron chi connectivity index (χ2n) is 7.17. The first-order chi connectivity index (χ1) is 15.5. The van der Waals surface area contributed by atoms with Gasteiger partial charge in [-0.05, 0) is 42.8 Å². The number of nitrogens with one attached hydrogen (secondary N) is 1. The summed E-state index contributed by atoms with van der Waals surface area (Å²) in [7, 11) is 0. The van der Waals surface area contributed by atoms with Crippen molar-refractivity contribution in [2.24, 2.45) is 10.7 Å². The summed E-state index contributed by atoms with van der Waals surface area (Å²) < 4.78 is 72.4. The highest BCUT2D eigenvalue weighted by Crippen LogP contribution is 2.42. The van der Waals surface area contributed by atoms with Gasteiger partial charge < -0.3 is 15.8 Å². The molecule has 1 aliphatic rings. The molecule has 0 radical (unpaired) electrons. The molecule has 2 aromatic rings. The van der Waals surface area contributed by atoms with Gasteiger partial charge >= 0.3 is 6.18 Å². The number of carbonyl (C=O) groups excluding carboxylic acids is 1. The molecule has 1 aromatic carbocycles. The highest BCUT2D eigenvalue weighted by atomic mass is 19.4. The molecule has 1 aliphatic heterocycles. The second-order valence-corrected chi connectivity index (χ2v) is 7.17. The molecule has 2 unspecified atom stereocenters. The zero-order valence-corrected chi connectivity index (χ0v) is 17.0. The van der Waals surface area contributed by atoms with Crippen LogP contribution in [0.4, 0.5) is 27.6 Å². The number of aliphatic imine (C=N–C) groups is 1. The molecule has 0 saturated heterocycles. The van der Waals surface area contributed by atoms with Crippen molar-refractivity contribution in [3.63, 3.8) is 0 Å². The topological polar surface area (TPSA) is 113 Å². The van der Waals surface area contributed by atoms with Crippen LogP contribution in [-0.2, 0) is 10.3 Å². The molecule has 0 saturated carbocycles. The zero-order valence-electron chi connectivity index (χ0n) is 17.0. The van der Waals surface area contributed by atoms with Gasteiger partial charge in [0.05, 0.1) is 11.9 Å². The number of amides is 1. The third-order valence-corrected chi connectivity index (χ3v) is 4.89. The lowest BCUT2D eigenvalue weighted by Crippen LogP contribution is -2.46. The molecule has 12 heteroatoms. The number of benzene rings is 1. The van der Waals surface area contributed by atoms with Crippen molar-refractivity contribution in [3.8, 4) is 6.07 Å². The summed E-state index contributed by atoms with van der Waals surface area (Å²) in [5, 5.41) is 11.4. The summed E-state index contributed by atoms with van der Waals surface area (Å²) in [6.07, 6.45) is -6.56. The Morgan fingerprint density at radius 2 is 2.12 bits per heavy atom. The van der Waals surface area contributed by atoms with E-state index in [1.807, 2.05) is 6.07 Å². The molecule has 7 nitrogen and oxygen atoms in total. The number of amidine groups is 1. The largest absolute Gasteiger partial charge is 0.452 e. The molecule has 0 fully saturated rings. The normalized spacial score (nSPS) is 20.6. The Morgan fingerprint density at radius 3 is 2.73 bits per heavy atom. The highest BCUT2D eigenvalue weighted by Gasteiger charge is 2.51. The Bertz CT molecular complexity index is 1190. The van der Waals surface area contributed by atoms with Crippen LogP contribution < -0.4 is 11.1 Å². The lowest BCUT2D eigenvalue weighted by atomic mass is 9.83. The number of aromatic nitrogens is 1. The number of hydrogen-bond acceptors (Lipinski definition) is 6. The summed E-state index contributed by atoms with van der Waals surface area (Å²) in [6, 6.07) is 5.51. The fraction of sp³-hybridized carbons (Fsp3) is 0.238. The van der Waals surface area contributed by atoms with E-state index in [1.54, 1.807) is 6.92 Å². The van der Waals surface area contributed by atoms with E-state index < -0.39 is 47.5 Å². The van der Waals surface area contributed by atoms with Gasteiger partial charge in [0.1, 0.15) is 23.1 Å². The van der Waals surface area contributed by atoms with Crippen molar-refractivity contribution in [1.82, 2.24) is 4.98 Å². The molecule has 0 bridgehead atoms. The van der Waals surface area contributed by atoms with Crippen LogP contribution in [0.15, 0.2) is 47.9 Å². The van der Waals surface area contributed by atoms with Gasteiger partial charge in [-0.2, -0.15) is 18.4 Å². The number of nitriles is 1. The summed E-state index contributed by atoms with van der Waals surface area (Å²) in [5.41, 5.74) is 3.35. The number of nitrogens with two attached hydrogens (primary N) is 1. The third kappa shape index (κ3) is 4.92. The zero-order chi connectivity index (χ0) is 24.4. The van der Waals surface area contributed by atoms with E-state index in [4.69, 9.17) is 11.0 Å². The summed E-state index contributed by atoms with van der Waals surface area (Å²) in [4.78, 5) is 20.3. The number of anilines is 1. The molecular formula is C21H16F5N5O2. The predicted octanol–water partition coefficient (Wildman–Crippen LogP) is 4.00. The minimum atomic E-state index is -4.88. The van der Waals surface area contributed by atoms with Crippen molar-refractivity contribution >= 4 is 17.6 Å². The molecule has 0 aliphatic carbocycles. The molecule has 3 rings (SSSR count). The number of nitrogens with zero attached hydrogens (tertiary/aromatic N) is 3. The molecule has 172 valence electrons. The fourth-order valence-corrected chi connectivity index (χ4v) is 3.39. The molecule has 2 atom stereocenters. The van der Waals surface area contributed by atoms with E-state index in [-0.39, 0.29) is 23.3 Å². The first-order valence-electron chi connectivity index (χ1n) is 9.34. The van der Waals surface area contributed by atoms with Gasteiger partial charge in [0, 0.05) is 23.9 Å². The Labute approximate surface area is 184 Å². The van der Waals surface area contributed by atoms with Crippen molar-refractivity contribution in [2.75, 3.05) is 5.32 Å². The number of pyridine rings is 1. The molecule has 1 aromatic heterocycles. The average Bonchev–Trinajstić information content (AvgIpc) is 2.74. The van der Waals surface area contributed by atoms with Crippen LogP contribution in [0.25, 0.3) is 0 Å². The van der Waals surface area contributed by atoms with E-state index in [2.05, 4.69) is 20.0 Å². The summed E-state index contributed by atoms with van der Waals surface area (Å²) in [6.45, 7) is 1.55. The quantitative estimate of drug-likeness (QED) is 0.663. The number of hydrogen-bond donors (Lipinski definition) is 2. The van der Waals surface area contributed by atoms with Crippen LogP contribution in [0, 0.1) is 24.1 Å². The van der Waals surface area contributed by atoms with E-state index >= 15 is 0 Å². The summed E-state index contributed by atoms with van der Waals surface area (Å²) >= 11 is 0. The van der Waals surface area contributed by atoms with E-state index in [9.17, 15) is 26.7 Å². The van der Waals surface area contributed by atoms with Gasteiger partial charge in [0.2, 0.25) is 0 Å². The van der Waals surface area contributed by atoms with E-state index in [0.717, 1.165) is 18.2 Å². The minimum absolute atomic E-state index is 0.0163. The van der Waals surface area contributed by atoms with Crippen molar-refractivity contribution in [1.29, 1.82) is 5.26 Å². The Kier molecular flexibility index (Phi) is 6.34. The van der Waals surface area contributed by atoms with Crippen LogP contribution in [0.3, 0.4) is 0 Å². The molecule has 3 N–H and O–H groups in total. The smallest absolute Gasteiger partial charge is 0.425 e. The maximum absolute atomic E-state index is 14.7. The number of rotatable bonds is 4. The highest BCUT2D eigenvalue weighted by molar-refractivity contribution is 6.03. The molecular weight excluding hydrogens is 449 g/mol. The first kappa shape index (κ1) is 23.6. The second kappa shape index (κ2) is 8.85. The number of carbonyl (C=O) groups is 1. The fourth-order valence-electron chi connectivity index (χ4n) is 3.39. The maximum atomic E-state index is 14.7. The Morgan fingerprint density at radius 1 is 1.39 bits per heavy atom. The van der Waals surface area contributed by atoms with Crippen molar-refractivity contribution in [2.45, 2.75) is 31.2 Å². The van der Waals surface area contributed by atoms with Gasteiger partial charge in [-0.25, -0.2) is 18.8 Å². The molecule has 33 heavy (non-hydrogen) atoms. The van der Waals surface area contributed by atoms with Gasteiger partial charge in [0.15, 0.2) is 6.10 Å². The van der Waals surface area contributed by atoms with Crippen LogP contribution in [-0.4, -0.2) is 29.2 Å². The van der Waals surface area contributed by atoms with Gasteiger partial charge in [0.25, 0.3) is 11.9 Å². The lowest BCUT2D eigenvalue weighted by Gasteiger charge is -2.36. The maximum Gasteiger partial charge on any atom is 0.425 e. The van der Waals surface area contributed by atoms with Crippen LogP contribution in [0.1, 0.15) is 33.6 Å². The lowest BCUT2D eigenvalue weighted by molar-refractivity contribution is -0.207. The number of aryl methyl sites for hydroxylation is 1. The van der Waals surface area contributed by atoms with Gasteiger partial charge in [-0.3, -0.25) is 4.79 Å². The number of alkyl halides is 3. The van der Waals surface area contributed by atoms with Gasteiger partial charge in [-0.15, -0.1) is 0 Å².